The third-order valence-corrected chi connectivity index (χ3v) is 5.20. The second-order valence-corrected chi connectivity index (χ2v) is 7.51. The van der Waals surface area contributed by atoms with Crippen LogP contribution in [0.4, 0.5) is 10.5 Å². The number of rotatable bonds is 7. The van der Waals surface area contributed by atoms with Crippen LogP contribution >= 0.6 is 0 Å². The number of carbonyl (C=O) groups is 4. The number of amides is 4. The average molecular weight is 476 g/mol. The van der Waals surface area contributed by atoms with Crippen LogP contribution in [-0.2, 0) is 16.2 Å². The number of nitrogens with one attached hydrogen (secondary N) is 1. The molecule has 1 aliphatic heterocycles. The number of hydrogen-bond donors (Lipinski definition) is 2. The van der Waals surface area contributed by atoms with Crippen molar-refractivity contribution in [3.05, 3.63) is 82.8 Å². The van der Waals surface area contributed by atoms with E-state index in [0.717, 1.165) is 4.90 Å². The first kappa shape index (κ1) is 23.3. The number of carbonyl (C=O) groups excluding carboxylic acids is 3. The Morgan fingerprint density at radius 3 is 2.54 bits per heavy atom. The summed E-state index contributed by atoms with van der Waals surface area (Å²) in [4.78, 5) is 49.8. The Labute approximate surface area is 199 Å². The molecule has 0 atom stereocenters. The molecule has 0 saturated carbocycles. The average Bonchev–Trinajstić information content (AvgIpc) is 3.31. The van der Waals surface area contributed by atoms with Gasteiger partial charge in [0.25, 0.3) is 11.8 Å². The van der Waals surface area contributed by atoms with Crippen molar-refractivity contribution in [1.29, 1.82) is 0 Å². The Kier molecular flexibility index (Phi) is 6.36. The number of barbiturate groups is 1. The SMILES string of the molecule is COc1cc(/C=C2\C(=O)NC(=O)N(c3ccccc3C)C2=O)ccc1OCc1ccc(C(=O)O)o1. The van der Waals surface area contributed by atoms with E-state index in [-0.39, 0.29) is 17.9 Å². The van der Waals surface area contributed by atoms with E-state index < -0.39 is 23.8 Å². The molecule has 0 bridgehead atoms. The number of ether oxygens (including phenoxy) is 2. The number of carboxylic acids is 1. The highest BCUT2D eigenvalue weighted by Gasteiger charge is 2.37. The third-order valence-electron chi connectivity index (χ3n) is 5.20. The molecule has 178 valence electrons. The molecule has 35 heavy (non-hydrogen) atoms. The van der Waals surface area contributed by atoms with Gasteiger partial charge >= 0.3 is 12.0 Å². The lowest BCUT2D eigenvalue weighted by molar-refractivity contribution is -0.122. The summed E-state index contributed by atoms with van der Waals surface area (Å²) in [6, 6.07) is 13.6. The molecule has 1 fully saturated rings. The first-order chi connectivity index (χ1) is 16.8. The van der Waals surface area contributed by atoms with Gasteiger partial charge < -0.3 is 19.0 Å². The standard InChI is InChI=1S/C25H20N2O8/c1-14-5-3-4-6-18(14)27-23(29)17(22(28)26-25(27)32)11-15-7-9-19(21(12-15)33-2)34-13-16-8-10-20(35-16)24(30)31/h3-12H,13H2,1-2H3,(H,30,31)(H,26,28,32)/b17-11+. The lowest BCUT2D eigenvalue weighted by Crippen LogP contribution is -2.54. The van der Waals surface area contributed by atoms with Gasteiger partial charge in [0.1, 0.15) is 17.9 Å². The minimum atomic E-state index is -1.18. The fourth-order valence-corrected chi connectivity index (χ4v) is 3.47. The third kappa shape index (κ3) is 4.76. The number of imide groups is 2. The van der Waals surface area contributed by atoms with E-state index in [9.17, 15) is 19.2 Å². The van der Waals surface area contributed by atoms with Crippen LogP contribution in [0.15, 0.2) is 64.6 Å². The van der Waals surface area contributed by atoms with Crippen LogP contribution in [0.5, 0.6) is 11.5 Å². The molecule has 2 aromatic carbocycles. The Balaban J connectivity index is 1.58. The number of aromatic carboxylic acids is 1. The predicted molar refractivity (Wildman–Crippen MR) is 123 cm³/mol. The molecule has 0 aliphatic carbocycles. The fourth-order valence-electron chi connectivity index (χ4n) is 3.47. The van der Waals surface area contributed by atoms with Gasteiger partial charge in [-0.05, 0) is 54.5 Å². The van der Waals surface area contributed by atoms with Crippen LogP contribution in [0, 0.1) is 6.92 Å². The highest BCUT2D eigenvalue weighted by molar-refractivity contribution is 6.39. The van der Waals surface area contributed by atoms with Crippen LogP contribution in [0.3, 0.4) is 0 Å². The zero-order chi connectivity index (χ0) is 25.1. The minimum absolute atomic E-state index is 0.0432. The van der Waals surface area contributed by atoms with Gasteiger partial charge in [0, 0.05) is 0 Å². The molecular formula is C25H20N2O8. The summed E-state index contributed by atoms with van der Waals surface area (Å²) in [7, 11) is 1.42. The summed E-state index contributed by atoms with van der Waals surface area (Å²) in [6.45, 7) is 1.71. The van der Waals surface area contributed by atoms with E-state index in [1.807, 2.05) is 0 Å². The maximum Gasteiger partial charge on any atom is 0.371 e. The number of urea groups is 1. The predicted octanol–water partition coefficient (Wildman–Crippen LogP) is 3.54. The normalized spacial score (nSPS) is 14.7. The second kappa shape index (κ2) is 9.56. The maximum atomic E-state index is 13.1. The largest absolute Gasteiger partial charge is 0.493 e. The lowest BCUT2D eigenvalue weighted by atomic mass is 10.1. The smallest absolute Gasteiger partial charge is 0.371 e. The molecule has 10 heteroatoms. The molecule has 2 N–H and O–H groups in total. The topological polar surface area (TPSA) is 135 Å². The number of anilines is 1. The van der Waals surface area contributed by atoms with Crippen LogP contribution in [0.1, 0.15) is 27.4 Å². The van der Waals surface area contributed by atoms with Gasteiger partial charge in [-0.3, -0.25) is 14.9 Å². The number of carboxylic acid groups (broad SMARTS) is 1. The van der Waals surface area contributed by atoms with Crippen molar-refractivity contribution in [1.82, 2.24) is 5.32 Å². The van der Waals surface area contributed by atoms with Gasteiger partial charge in [0.05, 0.1) is 12.8 Å². The molecule has 0 unspecified atom stereocenters. The van der Waals surface area contributed by atoms with Gasteiger partial charge in [-0.25, -0.2) is 14.5 Å². The van der Waals surface area contributed by atoms with Crippen molar-refractivity contribution in [3.63, 3.8) is 0 Å². The van der Waals surface area contributed by atoms with E-state index >= 15 is 0 Å². The zero-order valence-electron chi connectivity index (χ0n) is 18.7. The van der Waals surface area contributed by atoms with Crippen molar-refractivity contribution >= 4 is 35.6 Å². The summed E-state index contributed by atoms with van der Waals surface area (Å²) in [5.41, 5.74) is 1.30. The molecule has 10 nitrogen and oxygen atoms in total. The van der Waals surface area contributed by atoms with E-state index in [0.29, 0.717) is 34.1 Å². The number of nitrogens with zero attached hydrogens (tertiary/aromatic N) is 1. The van der Waals surface area contributed by atoms with Gasteiger partial charge in [-0.2, -0.15) is 0 Å². The molecule has 4 rings (SSSR count). The second-order valence-electron chi connectivity index (χ2n) is 7.51. The van der Waals surface area contributed by atoms with Gasteiger partial charge in [-0.1, -0.05) is 24.3 Å². The summed E-state index contributed by atoms with van der Waals surface area (Å²) >= 11 is 0. The molecule has 1 saturated heterocycles. The number of benzene rings is 2. The number of para-hydroxylation sites is 1. The Morgan fingerprint density at radius 1 is 1.09 bits per heavy atom. The molecule has 0 radical (unpaired) electrons. The van der Waals surface area contributed by atoms with Crippen LogP contribution in [-0.4, -0.2) is 36.0 Å². The van der Waals surface area contributed by atoms with E-state index in [4.69, 9.17) is 19.0 Å². The van der Waals surface area contributed by atoms with Crippen LogP contribution < -0.4 is 19.7 Å². The number of hydrogen-bond acceptors (Lipinski definition) is 7. The van der Waals surface area contributed by atoms with Gasteiger partial charge in [-0.15, -0.1) is 0 Å². The van der Waals surface area contributed by atoms with Crippen molar-refractivity contribution < 1.29 is 38.2 Å². The van der Waals surface area contributed by atoms with E-state index in [2.05, 4.69) is 5.32 Å². The summed E-state index contributed by atoms with van der Waals surface area (Å²) in [5.74, 6) is -2.00. The van der Waals surface area contributed by atoms with Gasteiger partial charge in [0.15, 0.2) is 11.5 Å². The first-order valence-electron chi connectivity index (χ1n) is 10.4. The first-order valence-corrected chi connectivity index (χ1v) is 10.4. The highest BCUT2D eigenvalue weighted by atomic mass is 16.5. The van der Waals surface area contributed by atoms with E-state index in [1.54, 1.807) is 49.4 Å². The highest BCUT2D eigenvalue weighted by Crippen LogP contribution is 2.31. The number of aryl methyl sites for hydroxylation is 1. The molecule has 0 spiro atoms. The summed E-state index contributed by atoms with van der Waals surface area (Å²) in [5, 5.41) is 11.1. The molecule has 1 aliphatic rings. The maximum absolute atomic E-state index is 13.1. The Morgan fingerprint density at radius 2 is 1.86 bits per heavy atom. The van der Waals surface area contributed by atoms with Crippen LogP contribution in [0.2, 0.25) is 0 Å². The molecule has 1 aromatic heterocycles. The summed E-state index contributed by atoms with van der Waals surface area (Å²) in [6.07, 6.45) is 1.35. The van der Waals surface area contributed by atoms with Crippen molar-refractivity contribution in [3.8, 4) is 11.5 Å². The quantitative estimate of drug-likeness (QED) is 0.390. The summed E-state index contributed by atoms with van der Waals surface area (Å²) < 4.78 is 16.2. The van der Waals surface area contributed by atoms with Crippen molar-refractivity contribution in [2.24, 2.45) is 0 Å². The molecular weight excluding hydrogens is 456 g/mol. The van der Waals surface area contributed by atoms with Gasteiger partial charge in [0.2, 0.25) is 5.76 Å². The van der Waals surface area contributed by atoms with Crippen molar-refractivity contribution in [2.45, 2.75) is 13.5 Å². The van der Waals surface area contributed by atoms with Crippen molar-refractivity contribution in [2.75, 3.05) is 12.0 Å². The fraction of sp³-hybridized carbons (Fsp3) is 0.120. The Hall–Kier alpha value is -4.86. The number of furan rings is 1. The monoisotopic (exact) mass is 476 g/mol. The molecule has 2 heterocycles. The zero-order valence-corrected chi connectivity index (χ0v) is 18.7. The van der Waals surface area contributed by atoms with Crippen LogP contribution in [0.25, 0.3) is 6.08 Å². The lowest BCUT2D eigenvalue weighted by Gasteiger charge is -2.27. The van der Waals surface area contributed by atoms with E-state index in [1.165, 1.54) is 25.3 Å². The minimum Gasteiger partial charge on any atom is -0.493 e. The molecule has 3 aromatic rings. The Bertz CT molecular complexity index is 1370. The number of methoxy groups -OCH3 is 1. The molecule has 4 amide bonds.